The predicted molar refractivity (Wildman–Crippen MR) is 67.8 cm³/mol. The molecule has 0 radical (unpaired) electrons. The van der Waals surface area contributed by atoms with Crippen molar-refractivity contribution in [3.63, 3.8) is 0 Å². The predicted octanol–water partition coefficient (Wildman–Crippen LogP) is 1.29. The van der Waals surface area contributed by atoms with E-state index in [0.29, 0.717) is 12.5 Å². The molecular weight excluding hydrogens is 214 g/mol. The second kappa shape index (κ2) is 6.17. The normalized spacial score (nSPS) is 21.9. The fourth-order valence-electron chi connectivity index (χ4n) is 2.66. The number of hydrogen-bond donors (Lipinski definition) is 1. The van der Waals surface area contributed by atoms with Gasteiger partial charge in [-0.2, -0.15) is 0 Å². The number of imidazole rings is 1. The van der Waals surface area contributed by atoms with Crippen molar-refractivity contribution in [2.24, 2.45) is 5.92 Å². The Labute approximate surface area is 103 Å². The lowest BCUT2D eigenvalue weighted by Gasteiger charge is -2.32. The Morgan fingerprint density at radius 1 is 1.47 bits per heavy atom. The van der Waals surface area contributed by atoms with Crippen molar-refractivity contribution in [3.05, 3.63) is 18.2 Å². The fraction of sp³-hybridized carbons (Fsp3) is 0.769. The van der Waals surface area contributed by atoms with Crippen LogP contribution in [0.25, 0.3) is 0 Å². The molecule has 1 fully saturated rings. The highest BCUT2D eigenvalue weighted by molar-refractivity contribution is 4.88. The third-order valence-corrected chi connectivity index (χ3v) is 3.72. The molecule has 4 nitrogen and oxygen atoms in total. The molecule has 1 aliphatic rings. The number of aromatic nitrogens is 2. The summed E-state index contributed by atoms with van der Waals surface area (Å²) in [6.07, 6.45) is 7.42. The van der Waals surface area contributed by atoms with E-state index < -0.39 is 0 Å². The third-order valence-electron chi connectivity index (χ3n) is 3.72. The molecule has 0 aromatic carbocycles. The second-order valence-electron chi connectivity index (χ2n) is 4.99. The lowest BCUT2D eigenvalue weighted by Crippen LogP contribution is -2.37. The van der Waals surface area contributed by atoms with Crippen LogP contribution >= 0.6 is 0 Å². The van der Waals surface area contributed by atoms with Crippen LogP contribution in [0.1, 0.15) is 25.1 Å². The smallest absolute Gasteiger partial charge is 0.105 e. The van der Waals surface area contributed by atoms with E-state index in [1.807, 2.05) is 19.3 Å². The molecule has 1 aliphatic heterocycles. The minimum Gasteiger partial charge on any atom is -0.396 e. The number of aliphatic hydroxyl groups is 1. The summed E-state index contributed by atoms with van der Waals surface area (Å²) in [6.45, 7) is 6.85. The Balaban J connectivity index is 1.77. The summed E-state index contributed by atoms with van der Waals surface area (Å²) >= 11 is 0. The summed E-state index contributed by atoms with van der Waals surface area (Å²) < 4.78 is 2.20. The van der Waals surface area contributed by atoms with E-state index in [1.165, 1.54) is 19.4 Å². The minimum atomic E-state index is 0.332. The molecule has 17 heavy (non-hydrogen) atoms. The van der Waals surface area contributed by atoms with Crippen LogP contribution < -0.4 is 0 Å². The zero-order chi connectivity index (χ0) is 12.1. The molecular formula is C13H23N3O. The molecule has 0 aliphatic carbocycles. The Morgan fingerprint density at radius 2 is 2.35 bits per heavy atom. The van der Waals surface area contributed by atoms with Gasteiger partial charge in [0.25, 0.3) is 0 Å². The summed E-state index contributed by atoms with van der Waals surface area (Å²) in [7, 11) is 0. The van der Waals surface area contributed by atoms with E-state index in [1.54, 1.807) is 0 Å². The van der Waals surface area contributed by atoms with Gasteiger partial charge in [0.2, 0.25) is 0 Å². The number of piperidine rings is 1. The van der Waals surface area contributed by atoms with Crippen LogP contribution in [0.2, 0.25) is 0 Å². The van der Waals surface area contributed by atoms with Gasteiger partial charge in [-0.15, -0.1) is 0 Å². The lowest BCUT2D eigenvalue weighted by atomic mass is 9.95. The number of likely N-dealkylation sites (tertiary alicyclic amines) is 1. The first-order valence-electron chi connectivity index (χ1n) is 6.60. The fourth-order valence-corrected chi connectivity index (χ4v) is 2.66. The standard InChI is InChI=1S/C13H23N3O/c1-12-14-5-7-16(12)9-8-15-6-2-3-13(11-15)4-10-17/h5,7,13,17H,2-4,6,8-11H2,1H3. The van der Waals surface area contributed by atoms with E-state index in [2.05, 4.69) is 14.5 Å². The van der Waals surface area contributed by atoms with Gasteiger partial charge in [0.1, 0.15) is 5.82 Å². The molecule has 0 spiro atoms. The number of aryl methyl sites for hydroxylation is 1. The van der Waals surface area contributed by atoms with Crippen molar-refractivity contribution >= 4 is 0 Å². The highest BCUT2D eigenvalue weighted by Gasteiger charge is 2.18. The molecule has 1 unspecified atom stereocenters. The molecule has 96 valence electrons. The second-order valence-corrected chi connectivity index (χ2v) is 4.99. The van der Waals surface area contributed by atoms with E-state index in [0.717, 1.165) is 31.9 Å². The van der Waals surface area contributed by atoms with Gasteiger partial charge in [-0.25, -0.2) is 4.98 Å². The van der Waals surface area contributed by atoms with Crippen LogP contribution in [0.5, 0.6) is 0 Å². The Morgan fingerprint density at radius 3 is 3.06 bits per heavy atom. The molecule has 2 rings (SSSR count). The first kappa shape index (κ1) is 12.6. The third kappa shape index (κ3) is 3.54. The van der Waals surface area contributed by atoms with Crippen LogP contribution in [-0.2, 0) is 6.54 Å². The molecule has 0 saturated carbocycles. The number of rotatable bonds is 5. The molecule has 1 atom stereocenters. The SMILES string of the molecule is Cc1nccn1CCN1CCCC(CCO)C1. The van der Waals surface area contributed by atoms with E-state index in [9.17, 15) is 0 Å². The molecule has 2 heterocycles. The average molecular weight is 237 g/mol. The summed E-state index contributed by atoms with van der Waals surface area (Å²) in [5.74, 6) is 1.78. The molecule has 1 N–H and O–H groups in total. The van der Waals surface area contributed by atoms with E-state index in [4.69, 9.17) is 5.11 Å². The Bertz CT molecular complexity index is 335. The first-order chi connectivity index (χ1) is 8.29. The highest BCUT2D eigenvalue weighted by Crippen LogP contribution is 2.19. The molecule has 0 bridgehead atoms. The summed E-state index contributed by atoms with van der Waals surface area (Å²) in [6, 6.07) is 0. The highest BCUT2D eigenvalue weighted by atomic mass is 16.3. The average Bonchev–Trinajstić information content (AvgIpc) is 2.73. The summed E-state index contributed by atoms with van der Waals surface area (Å²) in [5, 5.41) is 8.99. The lowest BCUT2D eigenvalue weighted by molar-refractivity contribution is 0.144. The number of hydrogen-bond acceptors (Lipinski definition) is 3. The van der Waals surface area contributed by atoms with Crippen LogP contribution in [-0.4, -0.2) is 45.8 Å². The van der Waals surface area contributed by atoms with Gasteiger partial charge in [-0.3, -0.25) is 0 Å². The van der Waals surface area contributed by atoms with Crippen LogP contribution in [0.15, 0.2) is 12.4 Å². The maximum Gasteiger partial charge on any atom is 0.105 e. The largest absolute Gasteiger partial charge is 0.396 e. The van der Waals surface area contributed by atoms with Crippen molar-refractivity contribution in [2.75, 3.05) is 26.2 Å². The van der Waals surface area contributed by atoms with Crippen molar-refractivity contribution in [1.82, 2.24) is 14.5 Å². The van der Waals surface area contributed by atoms with E-state index in [-0.39, 0.29) is 0 Å². The van der Waals surface area contributed by atoms with Gasteiger partial charge in [-0.1, -0.05) is 0 Å². The van der Waals surface area contributed by atoms with Crippen LogP contribution in [0, 0.1) is 12.8 Å². The van der Waals surface area contributed by atoms with Crippen molar-refractivity contribution in [2.45, 2.75) is 32.7 Å². The summed E-state index contributed by atoms with van der Waals surface area (Å²) in [5.41, 5.74) is 0. The summed E-state index contributed by atoms with van der Waals surface area (Å²) in [4.78, 5) is 6.75. The van der Waals surface area contributed by atoms with Gasteiger partial charge >= 0.3 is 0 Å². The van der Waals surface area contributed by atoms with Gasteiger partial charge < -0.3 is 14.6 Å². The number of aliphatic hydroxyl groups excluding tert-OH is 1. The van der Waals surface area contributed by atoms with Crippen molar-refractivity contribution in [3.8, 4) is 0 Å². The molecule has 4 heteroatoms. The van der Waals surface area contributed by atoms with Crippen LogP contribution in [0.3, 0.4) is 0 Å². The van der Waals surface area contributed by atoms with Crippen molar-refractivity contribution in [1.29, 1.82) is 0 Å². The van der Waals surface area contributed by atoms with Crippen LogP contribution in [0.4, 0.5) is 0 Å². The zero-order valence-corrected chi connectivity index (χ0v) is 10.7. The Hall–Kier alpha value is -0.870. The van der Waals surface area contributed by atoms with E-state index >= 15 is 0 Å². The van der Waals surface area contributed by atoms with Gasteiger partial charge in [0.15, 0.2) is 0 Å². The molecule has 1 saturated heterocycles. The Kier molecular flexibility index (Phi) is 4.57. The topological polar surface area (TPSA) is 41.3 Å². The molecule has 1 aromatic heterocycles. The zero-order valence-electron chi connectivity index (χ0n) is 10.7. The van der Waals surface area contributed by atoms with Gasteiger partial charge in [-0.05, 0) is 38.6 Å². The quantitative estimate of drug-likeness (QED) is 0.839. The number of nitrogens with zero attached hydrogens (tertiary/aromatic N) is 3. The minimum absolute atomic E-state index is 0.332. The van der Waals surface area contributed by atoms with Gasteiger partial charge in [0, 0.05) is 38.6 Å². The van der Waals surface area contributed by atoms with Crippen molar-refractivity contribution < 1.29 is 5.11 Å². The molecule has 1 aromatic rings. The monoisotopic (exact) mass is 237 g/mol. The molecule has 0 amide bonds. The maximum absolute atomic E-state index is 8.99. The van der Waals surface area contributed by atoms with Gasteiger partial charge in [0.05, 0.1) is 0 Å². The first-order valence-corrected chi connectivity index (χ1v) is 6.60. The maximum atomic E-state index is 8.99.